The summed E-state index contributed by atoms with van der Waals surface area (Å²) in [4.78, 5) is 41.6. The number of carbonyl (C=O) groups is 1. The van der Waals surface area contributed by atoms with E-state index in [-0.39, 0.29) is 74.5 Å². The van der Waals surface area contributed by atoms with Gasteiger partial charge in [-0.05, 0) is 43.5 Å². The van der Waals surface area contributed by atoms with Gasteiger partial charge in [-0.1, -0.05) is 55.2 Å². The highest BCUT2D eigenvalue weighted by Crippen LogP contribution is 2.51. The number of aryl methyl sites for hydroxylation is 1. The zero-order valence-corrected chi connectivity index (χ0v) is 28.6. The van der Waals surface area contributed by atoms with E-state index in [2.05, 4.69) is 16.5 Å². The zero-order valence-electron chi connectivity index (χ0n) is 26.3. The zero-order chi connectivity index (χ0) is 34.2. The Kier molecular flexibility index (Phi) is 8.39. The maximum absolute atomic E-state index is 17.6. The fourth-order valence-electron chi connectivity index (χ4n) is 6.92. The van der Waals surface area contributed by atoms with Crippen LogP contribution in [0.3, 0.4) is 0 Å². The third-order valence-corrected chi connectivity index (χ3v) is 9.89. The van der Waals surface area contributed by atoms with Crippen LogP contribution < -0.4 is 21.2 Å². The second-order valence-corrected chi connectivity index (χ2v) is 13.5. The maximum atomic E-state index is 17.6. The molecule has 1 amide bonds. The SMILES string of the molecule is C=CC(=O)N1CC(C)N2c3nc(=O)n(-c4c(C)ccnc4C(C)C)c4c(F)c(-c5c(N)c(Cl)cc(Cl)c5F)c(Cl)c(c34)N(C)CC2C1. The third kappa shape index (κ3) is 5.01. The number of aromatic nitrogens is 3. The first-order chi connectivity index (χ1) is 22.2. The Morgan fingerprint density at radius 3 is 2.47 bits per heavy atom. The summed E-state index contributed by atoms with van der Waals surface area (Å²) in [6.45, 7) is 12.0. The average molecular weight is 703 g/mol. The Morgan fingerprint density at radius 2 is 1.81 bits per heavy atom. The van der Waals surface area contributed by atoms with Crippen LogP contribution in [0.1, 0.15) is 37.9 Å². The van der Waals surface area contributed by atoms with Crippen LogP contribution >= 0.6 is 34.8 Å². The van der Waals surface area contributed by atoms with Crippen LogP contribution in [0.25, 0.3) is 27.7 Å². The number of hydrogen-bond donors (Lipinski definition) is 1. The van der Waals surface area contributed by atoms with E-state index >= 15 is 8.78 Å². The van der Waals surface area contributed by atoms with E-state index in [9.17, 15) is 9.59 Å². The van der Waals surface area contributed by atoms with Gasteiger partial charge in [0, 0.05) is 50.0 Å². The van der Waals surface area contributed by atoms with Crippen molar-refractivity contribution in [2.24, 2.45) is 0 Å². The van der Waals surface area contributed by atoms with E-state index in [1.165, 1.54) is 10.6 Å². The van der Waals surface area contributed by atoms with Crippen molar-refractivity contribution in [3.8, 4) is 16.8 Å². The standard InChI is InChI=1S/C33H32Cl3F2N7O2/c1-7-20(46)43-11-16(5)44-17(13-43)12-42(6)30-23-31(26(38)21(24(30)36)22-25(37)18(34)10-19(35)27(22)39)45(33(47)41-32(23)44)29-15(4)8-9-40-28(29)14(2)3/h7-10,14,16-17H,1,11-13,39H2,2-6H3. The number of halogens is 5. The fraction of sp³-hybridized carbons (Fsp3) is 0.333. The molecule has 47 heavy (non-hydrogen) atoms. The lowest BCUT2D eigenvalue weighted by molar-refractivity contribution is -0.127. The smallest absolute Gasteiger partial charge is 0.354 e. The van der Waals surface area contributed by atoms with E-state index in [1.54, 1.807) is 36.0 Å². The van der Waals surface area contributed by atoms with Gasteiger partial charge in [0.05, 0.1) is 49.3 Å². The van der Waals surface area contributed by atoms with E-state index in [0.717, 1.165) is 6.07 Å². The molecule has 0 radical (unpaired) electrons. The van der Waals surface area contributed by atoms with Crippen LogP contribution in [0.4, 0.5) is 26.0 Å². The van der Waals surface area contributed by atoms with Crippen LogP contribution in [-0.2, 0) is 4.79 Å². The second-order valence-electron chi connectivity index (χ2n) is 12.3. The topological polar surface area (TPSA) is 101 Å². The number of likely N-dealkylation sites (N-methyl/N-ethyl adjacent to an activating group) is 1. The Labute approximate surface area is 285 Å². The van der Waals surface area contributed by atoms with Crippen molar-refractivity contribution in [1.29, 1.82) is 0 Å². The van der Waals surface area contributed by atoms with Crippen molar-refractivity contribution in [3.05, 3.63) is 79.4 Å². The number of nitrogen functional groups attached to an aromatic ring is 1. The van der Waals surface area contributed by atoms with Gasteiger partial charge in [-0.3, -0.25) is 14.3 Å². The summed E-state index contributed by atoms with van der Waals surface area (Å²) in [6, 6.07) is 2.13. The molecule has 0 aliphatic carbocycles. The lowest BCUT2D eigenvalue weighted by atomic mass is 9.97. The summed E-state index contributed by atoms with van der Waals surface area (Å²) >= 11 is 19.7. The molecule has 2 aliphatic heterocycles. The van der Waals surface area contributed by atoms with Crippen LogP contribution in [0.15, 0.2) is 35.8 Å². The van der Waals surface area contributed by atoms with Crippen molar-refractivity contribution in [1.82, 2.24) is 19.4 Å². The predicted octanol–water partition coefficient (Wildman–Crippen LogP) is 6.74. The van der Waals surface area contributed by atoms with Crippen molar-refractivity contribution in [3.63, 3.8) is 0 Å². The summed E-state index contributed by atoms with van der Waals surface area (Å²) < 4.78 is 34.8. The number of rotatable bonds is 4. The van der Waals surface area contributed by atoms with E-state index in [0.29, 0.717) is 29.2 Å². The molecule has 0 spiro atoms. The number of benzene rings is 2. The van der Waals surface area contributed by atoms with Crippen LogP contribution in [0, 0.1) is 18.6 Å². The van der Waals surface area contributed by atoms with Gasteiger partial charge in [0.1, 0.15) is 11.3 Å². The van der Waals surface area contributed by atoms with Gasteiger partial charge < -0.3 is 20.4 Å². The Bertz CT molecular complexity index is 2040. The van der Waals surface area contributed by atoms with Crippen molar-refractivity contribution >= 4 is 68.8 Å². The minimum Gasteiger partial charge on any atom is -0.397 e. The Morgan fingerprint density at radius 1 is 1.11 bits per heavy atom. The first-order valence-corrected chi connectivity index (χ1v) is 16.1. The summed E-state index contributed by atoms with van der Waals surface area (Å²) in [5, 5.41) is -0.420. The first kappa shape index (κ1) is 33.0. The van der Waals surface area contributed by atoms with Gasteiger partial charge in [-0.15, -0.1) is 0 Å². The van der Waals surface area contributed by atoms with Gasteiger partial charge >= 0.3 is 5.69 Å². The lowest BCUT2D eigenvalue weighted by Gasteiger charge is -2.46. The molecule has 6 rings (SSSR count). The second kappa shape index (κ2) is 11.9. The highest BCUT2D eigenvalue weighted by atomic mass is 35.5. The summed E-state index contributed by atoms with van der Waals surface area (Å²) in [5.74, 6) is -2.25. The molecule has 1 fully saturated rings. The number of pyridine rings is 1. The predicted molar refractivity (Wildman–Crippen MR) is 185 cm³/mol. The van der Waals surface area contributed by atoms with Crippen LogP contribution in [-0.4, -0.2) is 64.1 Å². The van der Waals surface area contributed by atoms with Gasteiger partial charge in [-0.2, -0.15) is 4.98 Å². The molecule has 2 aromatic heterocycles. The monoisotopic (exact) mass is 701 g/mol. The molecule has 0 saturated carbocycles. The van der Waals surface area contributed by atoms with Crippen molar-refractivity contribution in [2.45, 2.75) is 45.7 Å². The molecule has 2 aliphatic rings. The maximum Gasteiger partial charge on any atom is 0.354 e. The van der Waals surface area contributed by atoms with Crippen LogP contribution in [0.5, 0.6) is 0 Å². The molecule has 9 nitrogen and oxygen atoms in total. The number of fused-ring (bicyclic) bond motifs is 2. The van der Waals surface area contributed by atoms with E-state index < -0.39 is 28.5 Å². The molecule has 2 atom stereocenters. The molecule has 246 valence electrons. The third-order valence-electron chi connectivity index (χ3n) is 8.93. The van der Waals surface area contributed by atoms with E-state index in [1.807, 2.05) is 25.7 Å². The van der Waals surface area contributed by atoms with E-state index in [4.69, 9.17) is 40.5 Å². The van der Waals surface area contributed by atoms with Crippen molar-refractivity contribution in [2.75, 3.05) is 42.2 Å². The molecule has 1 saturated heterocycles. The number of nitrogens with zero attached hydrogens (tertiary/aromatic N) is 6. The minimum absolute atomic E-state index is 0.0999. The highest BCUT2D eigenvalue weighted by Gasteiger charge is 2.42. The molecule has 2 unspecified atom stereocenters. The number of nitrogens with two attached hydrogens (primary N) is 1. The summed E-state index contributed by atoms with van der Waals surface area (Å²) in [6.07, 6.45) is 2.88. The molecule has 4 aromatic rings. The quantitative estimate of drug-likeness (QED) is 0.143. The fourth-order valence-corrected chi connectivity index (χ4v) is 7.80. The molecule has 2 aromatic carbocycles. The largest absolute Gasteiger partial charge is 0.397 e. The number of hydrogen-bond acceptors (Lipinski definition) is 7. The minimum atomic E-state index is -1.02. The molecule has 2 N–H and O–H groups in total. The molecular formula is C33H32Cl3F2N7O2. The highest BCUT2D eigenvalue weighted by molar-refractivity contribution is 6.40. The number of anilines is 3. The Hall–Kier alpha value is -3.93. The van der Waals surface area contributed by atoms with Gasteiger partial charge in [-0.25, -0.2) is 13.6 Å². The molecule has 0 bridgehead atoms. The van der Waals surface area contributed by atoms with Gasteiger partial charge in [0.15, 0.2) is 11.6 Å². The number of piperazine rings is 1. The van der Waals surface area contributed by atoms with Gasteiger partial charge in [0.25, 0.3) is 0 Å². The lowest BCUT2D eigenvalue weighted by Crippen LogP contribution is -2.61. The molecule has 4 heterocycles. The molecule has 14 heteroatoms. The summed E-state index contributed by atoms with van der Waals surface area (Å²) in [5.41, 5.74) is 6.02. The average Bonchev–Trinajstić information content (AvgIpc) is 3.13. The summed E-state index contributed by atoms with van der Waals surface area (Å²) in [7, 11) is 1.75. The number of carbonyl (C=O) groups excluding carboxylic acids is 1. The first-order valence-electron chi connectivity index (χ1n) is 15.0. The normalized spacial score (nSPS) is 17.7. The number of amides is 1. The molecular weight excluding hydrogens is 671 g/mol. The van der Waals surface area contributed by atoms with Gasteiger partial charge in [0.2, 0.25) is 5.91 Å². The van der Waals surface area contributed by atoms with Crippen molar-refractivity contribution < 1.29 is 13.6 Å². The Balaban J connectivity index is 1.83. The van der Waals surface area contributed by atoms with Crippen LogP contribution in [0.2, 0.25) is 15.1 Å².